The van der Waals surface area contributed by atoms with Gasteiger partial charge in [-0.3, -0.25) is 9.36 Å². The van der Waals surface area contributed by atoms with E-state index in [-0.39, 0.29) is 11.7 Å². The van der Waals surface area contributed by atoms with Crippen molar-refractivity contribution in [1.82, 2.24) is 19.5 Å². The summed E-state index contributed by atoms with van der Waals surface area (Å²) < 4.78 is 7.43. The van der Waals surface area contributed by atoms with Gasteiger partial charge in [0.2, 0.25) is 5.95 Å². The summed E-state index contributed by atoms with van der Waals surface area (Å²) in [5.74, 6) is 0.539. The smallest absolute Gasteiger partial charge is 0.255 e. The number of rotatable bonds is 3. The zero-order valence-electron chi connectivity index (χ0n) is 15.0. The Hall–Kier alpha value is -2.48. The standard InChI is InChI=1S/C19H17Cl2N5O2/c1-25-17(27)9-15(14-5-6-22-11-23-14)24-19(25)26-7-8-28-16(10-26)18-12(20)3-2-4-13(18)21/h2-6,9,11,16H,7-8,10H2,1H3. The van der Waals surface area contributed by atoms with Crippen molar-refractivity contribution >= 4 is 29.2 Å². The normalized spacial score (nSPS) is 17.0. The molecule has 1 fully saturated rings. The SMILES string of the molecule is Cn1c(N2CCOC(c3c(Cl)cccc3Cl)C2)nc(-c2ccncn2)cc1=O. The average molecular weight is 418 g/mol. The first-order valence-electron chi connectivity index (χ1n) is 8.69. The van der Waals surface area contributed by atoms with E-state index in [2.05, 4.69) is 15.0 Å². The Morgan fingerprint density at radius 2 is 1.96 bits per heavy atom. The van der Waals surface area contributed by atoms with Gasteiger partial charge in [0.1, 0.15) is 12.4 Å². The van der Waals surface area contributed by atoms with Crippen LogP contribution in [-0.2, 0) is 11.8 Å². The lowest BCUT2D eigenvalue weighted by molar-refractivity contribution is 0.0391. The quantitative estimate of drug-likeness (QED) is 0.651. The fraction of sp³-hybridized carbons (Fsp3) is 0.263. The molecule has 0 amide bonds. The number of benzene rings is 1. The highest BCUT2D eigenvalue weighted by Gasteiger charge is 2.28. The van der Waals surface area contributed by atoms with Gasteiger partial charge in [0, 0.05) is 41.5 Å². The summed E-state index contributed by atoms with van der Waals surface area (Å²) in [6.45, 7) is 1.52. The van der Waals surface area contributed by atoms with Crippen LogP contribution in [0.15, 0.2) is 47.7 Å². The molecule has 2 aromatic heterocycles. The molecular formula is C19H17Cl2N5O2. The van der Waals surface area contributed by atoms with E-state index in [1.165, 1.54) is 17.0 Å². The van der Waals surface area contributed by atoms with Gasteiger partial charge in [-0.25, -0.2) is 15.0 Å². The molecule has 4 rings (SSSR count). The summed E-state index contributed by atoms with van der Waals surface area (Å²) in [7, 11) is 1.70. The summed E-state index contributed by atoms with van der Waals surface area (Å²) >= 11 is 12.7. The zero-order chi connectivity index (χ0) is 19.7. The van der Waals surface area contributed by atoms with Gasteiger partial charge in [-0.05, 0) is 18.2 Å². The lowest BCUT2D eigenvalue weighted by atomic mass is 10.1. The third-order valence-electron chi connectivity index (χ3n) is 4.63. The van der Waals surface area contributed by atoms with Gasteiger partial charge >= 0.3 is 0 Å². The fourth-order valence-corrected chi connectivity index (χ4v) is 3.85. The molecule has 1 atom stereocenters. The van der Waals surface area contributed by atoms with Crippen LogP contribution in [0, 0.1) is 0 Å². The molecule has 7 nitrogen and oxygen atoms in total. The van der Waals surface area contributed by atoms with Crippen molar-refractivity contribution in [2.24, 2.45) is 7.05 Å². The molecule has 0 aliphatic carbocycles. The zero-order valence-corrected chi connectivity index (χ0v) is 16.6. The number of hydrogen-bond acceptors (Lipinski definition) is 6. The minimum Gasteiger partial charge on any atom is -0.370 e. The monoisotopic (exact) mass is 417 g/mol. The van der Waals surface area contributed by atoms with E-state index in [0.717, 1.165) is 5.56 Å². The number of aromatic nitrogens is 4. The van der Waals surface area contributed by atoms with E-state index < -0.39 is 0 Å². The van der Waals surface area contributed by atoms with E-state index in [9.17, 15) is 4.79 Å². The van der Waals surface area contributed by atoms with Gasteiger partial charge in [-0.15, -0.1) is 0 Å². The van der Waals surface area contributed by atoms with Crippen LogP contribution in [0.4, 0.5) is 5.95 Å². The first-order valence-corrected chi connectivity index (χ1v) is 9.45. The highest BCUT2D eigenvalue weighted by atomic mass is 35.5. The summed E-state index contributed by atoms with van der Waals surface area (Å²) in [6.07, 6.45) is 2.72. The number of morpholine rings is 1. The number of hydrogen-bond donors (Lipinski definition) is 0. The first kappa shape index (κ1) is 18.9. The van der Waals surface area contributed by atoms with Crippen molar-refractivity contribution in [2.45, 2.75) is 6.10 Å². The van der Waals surface area contributed by atoms with Crippen LogP contribution >= 0.6 is 23.2 Å². The van der Waals surface area contributed by atoms with Crippen LogP contribution in [0.3, 0.4) is 0 Å². The van der Waals surface area contributed by atoms with Crippen molar-refractivity contribution < 1.29 is 4.74 Å². The van der Waals surface area contributed by atoms with Crippen LogP contribution < -0.4 is 10.5 Å². The van der Waals surface area contributed by atoms with E-state index >= 15 is 0 Å². The Balaban J connectivity index is 1.71. The Bertz CT molecular complexity index is 1040. The lowest BCUT2D eigenvalue weighted by Gasteiger charge is -2.35. The molecule has 28 heavy (non-hydrogen) atoms. The van der Waals surface area contributed by atoms with Crippen LogP contribution in [0.1, 0.15) is 11.7 Å². The molecule has 1 aliphatic rings. The molecule has 3 aromatic rings. The van der Waals surface area contributed by atoms with Crippen molar-refractivity contribution in [3.63, 3.8) is 0 Å². The molecular weight excluding hydrogens is 401 g/mol. The van der Waals surface area contributed by atoms with Gasteiger partial charge in [0.05, 0.1) is 24.5 Å². The summed E-state index contributed by atoms with van der Waals surface area (Å²) in [5, 5.41) is 1.10. The summed E-state index contributed by atoms with van der Waals surface area (Å²) in [4.78, 5) is 27.3. The molecule has 144 valence electrons. The van der Waals surface area contributed by atoms with Gasteiger partial charge in [-0.1, -0.05) is 29.3 Å². The molecule has 0 bridgehead atoms. The fourth-order valence-electron chi connectivity index (χ4n) is 3.21. The molecule has 3 heterocycles. The third kappa shape index (κ3) is 3.61. The van der Waals surface area contributed by atoms with Crippen molar-refractivity contribution in [3.05, 3.63) is 68.8 Å². The maximum Gasteiger partial charge on any atom is 0.255 e. The molecule has 1 unspecified atom stereocenters. The highest BCUT2D eigenvalue weighted by Crippen LogP contribution is 2.35. The Labute approximate surface area is 171 Å². The number of halogens is 2. The summed E-state index contributed by atoms with van der Waals surface area (Å²) in [6, 6.07) is 8.56. The third-order valence-corrected chi connectivity index (χ3v) is 5.29. The minimum atomic E-state index is -0.324. The van der Waals surface area contributed by atoms with E-state index in [0.29, 0.717) is 47.1 Å². The van der Waals surface area contributed by atoms with Gasteiger partial charge < -0.3 is 9.64 Å². The second kappa shape index (κ2) is 7.87. The molecule has 1 saturated heterocycles. The second-order valence-electron chi connectivity index (χ2n) is 6.37. The Morgan fingerprint density at radius 3 is 2.68 bits per heavy atom. The molecule has 0 radical (unpaired) electrons. The second-order valence-corrected chi connectivity index (χ2v) is 7.19. The highest BCUT2D eigenvalue weighted by molar-refractivity contribution is 6.36. The predicted octanol–water partition coefficient (Wildman–Crippen LogP) is 3.12. The molecule has 1 aromatic carbocycles. The molecule has 0 saturated carbocycles. The molecule has 0 spiro atoms. The van der Waals surface area contributed by atoms with Crippen molar-refractivity contribution in [1.29, 1.82) is 0 Å². The Morgan fingerprint density at radius 1 is 1.18 bits per heavy atom. The van der Waals surface area contributed by atoms with Crippen molar-refractivity contribution in [3.8, 4) is 11.4 Å². The summed E-state index contributed by atoms with van der Waals surface area (Å²) in [5.41, 5.74) is 1.66. The minimum absolute atomic E-state index is 0.169. The van der Waals surface area contributed by atoms with Gasteiger partial charge in [0.15, 0.2) is 0 Å². The Kier molecular flexibility index (Phi) is 5.30. The number of ether oxygens (including phenoxy) is 1. The predicted molar refractivity (Wildman–Crippen MR) is 108 cm³/mol. The van der Waals surface area contributed by atoms with E-state index in [4.69, 9.17) is 27.9 Å². The molecule has 9 heteroatoms. The van der Waals surface area contributed by atoms with Crippen molar-refractivity contribution in [2.75, 3.05) is 24.6 Å². The van der Waals surface area contributed by atoms with Crippen LogP contribution in [0.2, 0.25) is 10.0 Å². The topological polar surface area (TPSA) is 73.1 Å². The largest absolute Gasteiger partial charge is 0.370 e. The van der Waals surface area contributed by atoms with Gasteiger partial charge in [0.25, 0.3) is 5.56 Å². The average Bonchev–Trinajstić information content (AvgIpc) is 2.71. The lowest BCUT2D eigenvalue weighted by Crippen LogP contribution is -2.42. The van der Waals surface area contributed by atoms with Crippen LogP contribution in [0.5, 0.6) is 0 Å². The first-order chi connectivity index (χ1) is 13.5. The number of anilines is 1. The maximum absolute atomic E-state index is 12.5. The molecule has 1 aliphatic heterocycles. The van der Waals surface area contributed by atoms with Crippen LogP contribution in [0.25, 0.3) is 11.4 Å². The maximum atomic E-state index is 12.5. The van der Waals surface area contributed by atoms with Gasteiger partial charge in [-0.2, -0.15) is 0 Å². The van der Waals surface area contributed by atoms with E-state index in [1.54, 1.807) is 37.5 Å². The number of nitrogens with zero attached hydrogens (tertiary/aromatic N) is 5. The molecule has 0 N–H and O–H groups in total. The van der Waals surface area contributed by atoms with Crippen LogP contribution in [-0.4, -0.2) is 39.2 Å². The van der Waals surface area contributed by atoms with E-state index in [1.807, 2.05) is 4.90 Å².